The lowest BCUT2D eigenvalue weighted by atomic mass is 9.99. The quantitative estimate of drug-likeness (QED) is 0.270. The average Bonchev–Trinajstić information content (AvgIpc) is 2.62. The number of carboxylic acid groups (broad SMARTS) is 1. The molecule has 0 amide bonds. The summed E-state index contributed by atoms with van der Waals surface area (Å²) in [6.45, 7) is -0.393. The number of aliphatic hydroxyl groups excluding tert-OH is 3. The van der Waals surface area contributed by atoms with Crippen molar-refractivity contribution in [3.63, 3.8) is 0 Å². The summed E-state index contributed by atoms with van der Waals surface area (Å²) < 4.78 is 15.5. The van der Waals surface area contributed by atoms with Gasteiger partial charge in [-0.3, -0.25) is 9.59 Å². The fourth-order valence-corrected chi connectivity index (χ4v) is 2.50. The number of phenolic OH excluding ortho intramolecular Hbond substituents is 1. The molecule has 0 aliphatic carbocycles. The normalized spacial score (nSPS) is 27.9. The van der Waals surface area contributed by atoms with Crippen molar-refractivity contribution in [2.45, 2.75) is 43.5 Å². The lowest BCUT2D eigenvalue weighted by Gasteiger charge is -2.39. The van der Waals surface area contributed by atoms with Gasteiger partial charge in [0.05, 0.1) is 6.61 Å². The molecule has 27 heavy (non-hydrogen) atoms. The standard InChI is InChI=1S/C17H22O10/c18-10-3-1-9(2-4-10)5-6-25-17-16(24)15(23)14(22)11(27-17)8-26-13(21)7-12(19)20/h1-4,11,14-18,22-24H,5-8H2,(H,19,20). The Bertz CT molecular complexity index is 631. The van der Waals surface area contributed by atoms with Crippen LogP contribution in [0.1, 0.15) is 12.0 Å². The maximum atomic E-state index is 11.3. The van der Waals surface area contributed by atoms with Crippen LogP contribution >= 0.6 is 0 Å². The number of aliphatic hydroxyl groups is 3. The first kappa shape index (κ1) is 21.1. The van der Waals surface area contributed by atoms with Crippen LogP contribution in [0.5, 0.6) is 5.75 Å². The van der Waals surface area contributed by atoms with Crippen molar-refractivity contribution in [3.05, 3.63) is 29.8 Å². The lowest BCUT2D eigenvalue weighted by molar-refractivity contribution is -0.301. The largest absolute Gasteiger partial charge is 0.508 e. The fourth-order valence-electron chi connectivity index (χ4n) is 2.50. The van der Waals surface area contributed by atoms with E-state index < -0.39 is 55.7 Å². The van der Waals surface area contributed by atoms with E-state index in [9.17, 15) is 30.0 Å². The Morgan fingerprint density at radius 2 is 1.70 bits per heavy atom. The van der Waals surface area contributed by atoms with Crippen molar-refractivity contribution in [2.24, 2.45) is 0 Å². The van der Waals surface area contributed by atoms with Crippen LogP contribution in [0.4, 0.5) is 0 Å². The van der Waals surface area contributed by atoms with E-state index in [4.69, 9.17) is 19.3 Å². The molecule has 0 saturated carbocycles. The van der Waals surface area contributed by atoms with Crippen LogP contribution in [0.15, 0.2) is 24.3 Å². The molecular formula is C17H22O10. The highest BCUT2D eigenvalue weighted by molar-refractivity contribution is 5.90. The minimum Gasteiger partial charge on any atom is -0.508 e. The fraction of sp³-hybridized carbons (Fsp3) is 0.529. The SMILES string of the molecule is O=C(O)CC(=O)OCC1OC(OCCc2ccc(O)cc2)C(O)C(O)C1O. The van der Waals surface area contributed by atoms with Gasteiger partial charge in [-0.25, -0.2) is 0 Å². The summed E-state index contributed by atoms with van der Waals surface area (Å²) in [5.41, 5.74) is 0.859. The highest BCUT2D eigenvalue weighted by Crippen LogP contribution is 2.23. The zero-order chi connectivity index (χ0) is 20.0. The number of carboxylic acids is 1. The zero-order valence-corrected chi connectivity index (χ0v) is 14.3. The molecule has 1 aromatic rings. The van der Waals surface area contributed by atoms with E-state index in [1.54, 1.807) is 12.1 Å². The third-order valence-corrected chi connectivity index (χ3v) is 3.98. The Morgan fingerprint density at radius 1 is 1.04 bits per heavy atom. The number of ether oxygens (including phenoxy) is 3. The molecule has 1 aliphatic rings. The first-order chi connectivity index (χ1) is 12.8. The minimum atomic E-state index is -1.60. The van der Waals surface area contributed by atoms with Gasteiger partial charge in [0.15, 0.2) is 6.29 Å². The molecule has 0 aromatic heterocycles. The third-order valence-electron chi connectivity index (χ3n) is 3.98. The third kappa shape index (κ3) is 6.15. The van der Waals surface area contributed by atoms with Gasteiger partial charge < -0.3 is 39.7 Å². The van der Waals surface area contributed by atoms with E-state index in [0.29, 0.717) is 6.42 Å². The molecule has 1 saturated heterocycles. The molecule has 1 aromatic carbocycles. The van der Waals surface area contributed by atoms with Crippen molar-refractivity contribution < 1.29 is 49.3 Å². The predicted molar refractivity (Wildman–Crippen MR) is 87.7 cm³/mol. The van der Waals surface area contributed by atoms with Crippen LogP contribution in [-0.2, 0) is 30.2 Å². The second kappa shape index (κ2) is 9.62. The number of aliphatic carboxylic acids is 1. The van der Waals surface area contributed by atoms with Gasteiger partial charge in [-0.05, 0) is 24.1 Å². The van der Waals surface area contributed by atoms with Gasteiger partial charge in [-0.2, -0.15) is 0 Å². The molecule has 150 valence electrons. The van der Waals surface area contributed by atoms with Crippen LogP contribution in [0.25, 0.3) is 0 Å². The van der Waals surface area contributed by atoms with E-state index >= 15 is 0 Å². The molecule has 5 N–H and O–H groups in total. The van der Waals surface area contributed by atoms with Crippen LogP contribution in [0, 0.1) is 0 Å². The van der Waals surface area contributed by atoms with Crippen LogP contribution in [-0.4, -0.2) is 81.4 Å². The van der Waals surface area contributed by atoms with Crippen molar-refractivity contribution >= 4 is 11.9 Å². The van der Waals surface area contributed by atoms with Crippen molar-refractivity contribution in [1.82, 2.24) is 0 Å². The Balaban J connectivity index is 1.86. The van der Waals surface area contributed by atoms with E-state index in [1.807, 2.05) is 0 Å². The first-order valence-electron chi connectivity index (χ1n) is 8.24. The predicted octanol–water partition coefficient (Wildman–Crippen LogP) is -1.22. The molecule has 5 atom stereocenters. The van der Waals surface area contributed by atoms with Crippen molar-refractivity contribution in [2.75, 3.05) is 13.2 Å². The number of carbonyl (C=O) groups is 2. The topological polar surface area (TPSA) is 163 Å². The molecule has 2 rings (SSSR count). The summed E-state index contributed by atoms with van der Waals surface area (Å²) in [6, 6.07) is 6.42. The number of aromatic hydroxyl groups is 1. The monoisotopic (exact) mass is 386 g/mol. The lowest BCUT2D eigenvalue weighted by Crippen LogP contribution is -2.59. The summed E-state index contributed by atoms with van der Waals surface area (Å²) in [5.74, 6) is -2.26. The van der Waals surface area contributed by atoms with Gasteiger partial charge in [0.25, 0.3) is 0 Å². The summed E-state index contributed by atoms with van der Waals surface area (Å²) in [4.78, 5) is 21.7. The molecule has 10 heteroatoms. The van der Waals surface area contributed by atoms with E-state index in [0.717, 1.165) is 5.56 Å². The van der Waals surface area contributed by atoms with Crippen molar-refractivity contribution in [3.8, 4) is 5.75 Å². The highest BCUT2D eigenvalue weighted by atomic mass is 16.7. The van der Waals surface area contributed by atoms with Crippen molar-refractivity contribution in [1.29, 1.82) is 0 Å². The van der Waals surface area contributed by atoms with E-state index in [-0.39, 0.29) is 12.4 Å². The van der Waals surface area contributed by atoms with Gasteiger partial charge in [0, 0.05) is 0 Å². The van der Waals surface area contributed by atoms with Crippen LogP contribution in [0.2, 0.25) is 0 Å². The molecule has 10 nitrogen and oxygen atoms in total. The van der Waals surface area contributed by atoms with Gasteiger partial charge >= 0.3 is 11.9 Å². The molecule has 1 aliphatic heterocycles. The zero-order valence-electron chi connectivity index (χ0n) is 14.3. The molecule has 1 fully saturated rings. The number of rotatable bonds is 8. The Hall–Kier alpha value is -2.24. The molecule has 1 heterocycles. The molecular weight excluding hydrogens is 364 g/mol. The smallest absolute Gasteiger partial charge is 0.317 e. The van der Waals surface area contributed by atoms with Crippen LogP contribution < -0.4 is 0 Å². The number of phenols is 1. The van der Waals surface area contributed by atoms with Gasteiger partial charge in [0.2, 0.25) is 0 Å². The maximum Gasteiger partial charge on any atom is 0.317 e. The maximum absolute atomic E-state index is 11.3. The summed E-state index contributed by atoms with van der Waals surface area (Å²) in [5, 5.41) is 47.6. The summed E-state index contributed by atoms with van der Waals surface area (Å²) in [7, 11) is 0. The summed E-state index contributed by atoms with van der Waals surface area (Å²) in [6.07, 6.45) is -7.55. The number of hydrogen-bond acceptors (Lipinski definition) is 9. The van der Waals surface area contributed by atoms with Gasteiger partial charge in [0.1, 0.15) is 43.2 Å². The molecule has 0 spiro atoms. The van der Waals surface area contributed by atoms with Gasteiger partial charge in [-0.1, -0.05) is 12.1 Å². The Kier molecular flexibility index (Phi) is 7.51. The van der Waals surface area contributed by atoms with E-state index in [2.05, 4.69) is 0 Å². The highest BCUT2D eigenvalue weighted by Gasteiger charge is 2.44. The second-order valence-electron chi connectivity index (χ2n) is 6.06. The number of hydrogen-bond donors (Lipinski definition) is 5. The Labute approximate surface area is 154 Å². The first-order valence-corrected chi connectivity index (χ1v) is 8.24. The second-order valence-corrected chi connectivity index (χ2v) is 6.06. The minimum absolute atomic E-state index is 0.112. The molecule has 0 bridgehead atoms. The van der Waals surface area contributed by atoms with Gasteiger partial charge in [-0.15, -0.1) is 0 Å². The summed E-state index contributed by atoms with van der Waals surface area (Å²) >= 11 is 0. The molecule has 0 radical (unpaired) electrons. The number of carbonyl (C=O) groups excluding carboxylic acids is 1. The van der Waals surface area contributed by atoms with Crippen LogP contribution in [0.3, 0.4) is 0 Å². The average molecular weight is 386 g/mol. The van der Waals surface area contributed by atoms with E-state index in [1.165, 1.54) is 12.1 Å². The number of esters is 1. The number of benzene rings is 1. The Morgan fingerprint density at radius 3 is 2.33 bits per heavy atom. The molecule has 5 unspecified atom stereocenters.